The molecule has 0 bridgehead atoms. The Morgan fingerprint density at radius 1 is 1.34 bits per heavy atom. The number of aliphatic carboxylic acids is 1. The molecule has 11 heteroatoms. The van der Waals surface area contributed by atoms with E-state index in [1.54, 1.807) is 0 Å². The molecule has 0 aromatic carbocycles. The summed E-state index contributed by atoms with van der Waals surface area (Å²) in [4.78, 5) is 37.6. The van der Waals surface area contributed by atoms with Crippen molar-refractivity contribution in [1.82, 2.24) is 4.90 Å². The number of β-lactam (4-membered cyclic amide) rings is 1. The second kappa shape index (κ2) is 8.46. The molecule has 1 amide bonds. The lowest BCUT2D eigenvalue weighted by atomic mass is 9.92. The van der Waals surface area contributed by atoms with E-state index >= 15 is 0 Å². The second-order valence-electron chi connectivity index (χ2n) is 8.88. The van der Waals surface area contributed by atoms with E-state index in [1.807, 2.05) is 6.92 Å². The van der Waals surface area contributed by atoms with E-state index in [0.29, 0.717) is 9.99 Å². The lowest BCUT2D eigenvalue weighted by Crippen LogP contribution is -2.62. The van der Waals surface area contributed by atoms with Crippen LogP contribution in [0.15, 0.2) is 9.93 Å². The van der Waals surface area contributed by atoms with Gasteiger partial charge in [-0.25, -0.2) is 4.79 Å². The van der Waals surface area contributed by atoms with Gasteiger partial charge in [-0.3, -0.25) is 14.5 Å². The maximum atomic E-state index is 12.9. The molecule has 0 radical (unpaired) electrons. The number of fused-ring (bicyclic) bond motifs is 1. The third kappa shape index (κ3) is 4.59. The molecule has 29 heavy (non-hydrogen) atoms. The summed E-state index contributed by atoms with van der Waals surface area (Å²) in [7, 11) is -2.03. The molecule has 3 heterocycles. The summed E-state index contributed by atoms with van der Waals surface area (Å²) in [5.74, 6) is -0.153. The smallest absolute Gasteiger partial charge is 0.354 e. The van der Waals surface area contributed by atoms with Crippen LogP contribution < -0.4 is 0 Å². The highest BCUT2D eigenvalue weighted by Gasteiger charge is 2.59. The molecule has 0 aromatic heterocycles. The predicted molar refractivity (Wildman–Crippen MR) is 126 cm³/mol. The lowest BCUT2D eigenvalue weighted by molar-refractivity contribution is -0.156. The average molecular weight is 494 g/mol. The Labute approximate surface area is 189 Å². The van der Waals surface area contributed by atoms with Crippen LogP contribution in [0.3, 0.4) is 0 Å². The lowest BCUT2D eigenvalue weighted by Gasteiger charge is -2.48. The summed E-state index contributed by atoms with van der Waals surface area (Å²) in [6.45, 7) is 12.7. The van der Waals surface area contributed by atoms with Gasteiger partial charge in [0.1, 0.15) is 5.37 Å². The Morgan fingerprint density at radius 2 is 2.00 bits per heavy atom. The average Bonchev–Trinajstić information content (AvgIpc) is 3.12. The first-order valence-electron chi connectivity index (χ1n) is 9.45. The Balaban J connectivity index is 1.69. The Bertz CT molecular complexity index is 766. The minimum absolute atomic E-state index is 0.0381. The zero-order valence-corrected chi connectivity index (χ0v) is 21.7. The quantitative estimate of drug-likeness (QED) is 0.394. The van der Waals surface area contributed by atoms with Crippen LogP contribution in [-0.2, 0) is 14.0 Å². The maximum Gasteiger partial charge on any atom is 0.354 e. The first-order valence-corrected chi connectivity index (χ1v) is 16.1. The highest BCUT2D eigenvalue weighted by molar-refractivity contribution is 8.41. The van der Waals surface area contributed by atoms with Gasteiger partial charge in [-0.15, -0.1) is 11.8 Å². The largest absolute Gasteiger partial charge is 0.477 e. The maximum absolute atomic E-state index is 12.9. The first-order chi connectivity index (χ1) is 13.3. The molecule has 0 spiro atoms. The van der Waals surface area contributed by atoms with Crippen LogP contribution in [-0.4, -0.2) is 62.9 Å². The molecule has 0 saturated carbocycles. The monoisotopic (exact) mass is 493 g/mol. The Morgan fingerprint density at radius 3 is 2.52 bits per heavy atom. The number of amides is 1. The molecular formula is C18H27NO5S4Si. The van der Waals surface area contributed by atoms with E-state index in [9.17, 15) is 19.5 Å². The van der Waals surface area contributed by atoms with E-state index in [1.165, 1.54) is 51.9 Å². The molecular weight excluding hydrogens is 467 g/mol. The number of carboxylic acid groups (broad SMARTS) is 1. The SMILES string of the molecule is C[C@@H](O[Si](C)(C)C(C)(C)C)C1C(=O)N2C(C(=O)O)=C(SCC3CSC(=O)S3)S[C@H]12. The van der Waals surface area contributed by atoms with Crippen LogP contribution in [0.2, 0.25) is 18.1 Å². The van der Waals surface area contributed by atoms with Gasteiger partial charge in [0.2, 0.25) is 10.4 Å². The van der Waals surface area contributed by atoms with Crippen molar-refractivity contribution in [1.29, 1.82) is 0 Å². The molecule has 0 aliphatic carbocycles. The zero-order chi connectivity index (χ0) is 21.7. The number of thioether (sulfide) groups is 4. The van der Waals surface area contributed by atoms with Crippen molar-refractivity contribution in [2.75, 3.05) is 11.5 Å². The van der Waals surface area contributed by atoms with Crippen molar-refractivity contribution < 1.29 is 23.9 Å². The fourth-order valence-corrected chi connectivity index (χ4v) is 10.2. The topological polar surface area (TPSA) is 83.9 Å². The van der Waals surface area contributed by atoms with Crippen LogP contribution >= 0.6 is 47.0 Å². The number of carboxylic acids is 1. The number of nitrogens with zero attached hydrogens (tertiary/aromatic N) is 1. The zero-order valence-electron chi connectivity index (χ0n) is 17.4. The molecule has 2 fully saturated rings. The fourth-order valence-electron chi connectivity index (χ4n) is 3.17. The van der Waals surface area contributed by atoms with Gasteiger partial charge < -0.3 is 9.53 Å². The van der Waals surface area contributed by atoms with E-state index in [-0.39, 0.29) is 43.7 Å². The van der Waals surface area contributed by atoms with E-state index < -0.39 is 14.3 Å². The molecule has 3 aliphatic heterocycles. The van der Waals surface area contributed by atoms with Gasteiger partial charge >= 0.3 is 5.97 Å². The van der Waals surface area contributed by atoms with Crippen molar-refractivity contribution in [3.05, 3.63) is 9.93 Å². The van der Waals surface area contributed by atoms with Crippen LogP contribution in [0.25, 0.3) is 0 Å². The van der Waals surface area contributed by atoms with Gasteiger partial charge in [0.15, 0.2) is 14.0 Å². The summed E-state index contributed by atoms with van der Waals surface area (Å²) in [6, 6.07) is 0. The van der Waals surface area contributed by atoms with Gasteiger partial charge in [-0.1, -0.05) is 56.1 Å². The van der Waals surface area contributed by atoms with Crippen LogP contribution in [0, 0.1) is 5.92 Å². The summed E-state index contributed by atoms with van der Waals surface area (Å²) < 4.78 is 7.22. The van der Waals surface area contributed by atoms with Gasteiger partial charge in [-0.05, 0) is 25.1 Å². The molecule has 3 rings (SSSR count). The molecule has 4 atom stereocenters. The third-order valence-corrected chi connectivity index (χ3v) is 15.9. The highest BCUT2D eigenvalue weighted by Crippen LogP contribution is 2.55. The summed E-state index contributed by atoms with van der Waals surface area (Å²) in [6.07, 6.45) is -0.254. The van der Waals surface area contributed by atoms with Crippen molar-refractivity contribution in [2.24, 2.45) is 5.92 Å². The normalized spacial score (nSPS) is 28.6. The number of carbonyl (C=O) groups excluding carboxylic acids is 2. The summed E-state index contributed by atoms with van der Waals surface area (Å²) in [5, 5.41) is 9.71. The molecule has 1 N–H and O–H groups in total. The first kappa shape index (κ1) is 23.6. The standard InChI is InChI=1S/C18H27NO5S4Si/c1-9(24-29(5,6)18(2,3)4)11-13(20)19-12(15(21)22)16(28-14(11)19)25-7-10-8-26-17(23)27-10/h9-11,14H,7-8H2,1-6H3,(H,21,22)/t9-,10?,11?,14-/m1/s1. The van der Waals surface area contributed by atoms with Gasteiger partial charge in [0, 0.05) is 16.8 Å². The number of hydrogen-bond donors (Lipinski definition) is 1. The van der Waals surface area contributed by atoms with Crippen LogP contribution in [0.4, 0.5) is 4.79 Å². The van der Waals surface area contributed by atoms with E-state index in [0.717, 1.165) is 5.75 Å². The number of hydrogen-bond acceptors (Lipinski definition) is 8. The minimum atomic E-state index is -2.03. The molecule has 2 saturated heterocycles. The third-order valence-electron chi connectivity index (χ3n) is 5.79. The van der Waals surface area contributed by atoms with Crippen molar-refractivity contribution in [2.45, 2.75) is 62.6 Å². The number of rotatable bonds is 7. The van der Waals surface area contributed by atoms with Crippen LogP contribution in [0.5, 0.6) is 0 Å². The Hall–Kier alpha value is -0.0731. The van der Waals surface area contributed by atoms with Crippen molar-refractivity contribution in [3.8, 4) is 0 Å². The molecule has 3 aliphatic rings. The summed E-state index contributed by atoms with van der Waals surface area (Å²) >= 11 is 5.54. The van der Waals surface area contributed by atoms with Gasteiger partial charge in [0.05, 0.1) is 16.3 Å². The van der Waals surface area contributed by atoms with Gasteiger partial charge in [-0.2, -0.15) is 0 Å². The predicted octanol–water partition coefficient (Wildman–Crippen LogP) is 4.88. The number of carbonyl (C=O) groups is 3. The molecule has 2 unspecified atom stereocenters. The van der Waals surface area contributed by atoms with Crippen molar-refractivity contribution in [3.63, 3.8) is 0 Å². The molecule has 6 nitrogen and oxygen atoms in total. The van der Waals surface area contributed by atoms with Crippen molar-refractivity contribution >= 4 is 71.7 Å². The van der Waals surface area contributed by atoms with Gasteiger partial charge in [0.25, 0.3) is 0 Å². The fraction of sp³-hybridized carbons (Fsp3) is 0.722. The molecule has 0 aromatic rings. The highest BCUT2D eigenvalue weighted by atomic mass is 32.2. The minimum Gasteiger partial charge on any atom is -0.477 e. The summed E-state index contributed by atoms with van der Waals surface area (Å²) in [5.41, 5.74) is 0.0905. The van der Waals surface area contributed by atoms with E-state index in [4.69, 9.17) is 4.43 Å². The van der Waals surface area contributed by atoms with Crippen LogP contribution in [0.1, 0.15) is 27.7 Å². The Kier molecular flexibility index (Phi) is 6.88. The van der Waals surface area contributed by atoms with E-state index in [2.05, 4.69) is 33.9 Å². The second-order valence-corrected chi connectivity index (χ2v) is 18.6. The molecule has 162 valence electrons.